The molecule has 2 atom stereocenters. The Morgan fingerprint density at radius 2 is 1.66 bits per heavy atom. The number of carbonyl (C=O) groups is 2. The van der Waals surface area contributed by atoms with Crippen LogP contribution in [-0.2, 0) is 4.79 Å². The number of methoxy groups -OCH3 is 1. The van der Waals surface area contributed by atoms with Crippen molar-refractivity contribution in [2.45, 2.75) is 12.1 Å². The van der Waals surface area contributed by atoms with Gasteiger partial charge in [-0.25, -0.2) is 9.78 Å². The quantitative estimate of drug-likeness (QED) is 0.220. The number of aromatic nitrogens is 2. The summed E-state index contributed by atoms with van der Waals surface area (Å²) in [6.45, 7) is 0. The summed E-state index contributed by atoms with van der Waals surface area (Å²) in [5.41, 5.74) is 7.90. The maximum Gasteiger partial charge on any atom is 0.413 e. The van der Waals surface area contributed by atoms with Crippen molar-refractivity contribution in [2.75, 3.05) is 18.2 Å². The number of ether oxygens (including phenoxy) is 2. The number of carbonyl (C=O) groups excluding carboxylic acids is 2. The molecule has 5 rings (SSSR count). The third-order valence-electron chi connectivity index (χ3n) is 6.01. The van der Waals surface area contributed by atoms with Crippen LogP contribution >= 0.6 is 0 Å². The maximum atomic E-state index is 13.0. The molecule has 0 saturated heterocycles. The van der Waals surface area contributed by atoms with Gasteiger partial charge in [-0.1, -0.05) is 42.5 Å². The number of anilines is 2. The van der Waals surface area contributed by atoms with E-state index in [0.29, 0.717) is 28.0 Å². The topological polar surface area (TPSA) is 152 Å². The van der Waals surface area contributed by atoms with Crippen molar-refractivity contribution in [3.05, 3.63) is 90.5 Å². The Hall–Kier alpha value is -5.09. The fraction of sp³-hybridized carbons (Fsp3) is 0.107. The molecule has 10 heteroatoms. The minimum absolute atomic E-state index is 0.251. The Bertz CT molecular complexity index is 1620. The summed E-state index contributed by atoms with van der Waals surface area (Å²) in [6.07, 6.45) is -2.45. The molecule has 0 bridgehead atoms. The number of benzene rings is 4. The number of nitrogens with one attached hydrogen (secondary N) is 3. The van der Waals surface area contributed by atoms with Crippen molar-refractivity contribution in [1.82, 2.24) is 15.3 Å². The molecule has 2 amide bonds. The highest BCUT2D eigenvalue weighted by Gasteiger charge is 2.30. The first-order valence-corrected chi connectivity index (χ1v) is 11.7. The average molecular weight is 512 g/mol. The largest absolute Gasteiger partial charge is 0.497 e. The molecule has 0 aliphatic carbocycles. The lowest BCUT2D eigenvalue weighted by molar-refractivity contribution is -0.125. The zero-order chi connectivity index (χ0) is 26.6. The van der Waals surface area contributed by atoms with Crippen molar-refractivity contribution in [3.8, 4) is 11.5 Å². The standard InChI is InChI=1S/C28H25N5O5/c1-37-20-10-7-18-14-21(11-8-17(18)13-20)38-28(36)33-24(16-5-3-2-4-6-16)25(34)26(35)30-19-9-12-22-23(15-19)32-27(29)31-22/h2-15,24-25,34H,1H3,(H,30,35)(H,33,36)(H3,29,31,32). The van der Waals surface area contributed by atoms with Crippen LogP contribution in [0.4, 0.5) is 16.4 Å². The van der Waals surface area contributed by atoms with E-state index in [9.17, 15) is 14.7 Å². The van der Waals surface area contributed by atoms with Gasteiger partial charge in [0.1, 0.15) is 11.5 Å². The summed E-state index contributed by atoms with van der Waals surface area (Å²) < 4.78 is 10.7. The highest BCUT2D eigenvalue weighted by molar-refractivity contribution is 5.96. The number of hydrogen-bond acceptors (Lipinski definition) is 7. The van der Waals surface area contributed by atoms with Crippen LogP contribution in [0.25, 0.3) is 21.8 Å². The Morgan fingerprint density at radius 1 is 0.947 bits per heavy atom. The minimum Gasteiger partial charge on any atom is -0.497 e. The number of nitrogens with two attached hydrogens (primary N) is 1. The second-order valence-electron chi connectivity index (χ2n) is 8.59. The van der Waals surface area contributed by atoms with Crippen LogP contribution in [0.2, 0.25) is 0 Å². The van der Waals surface area contributed by atoms with Gasteiger partial charge < -0.3 is 35.9 Å². The van der Waals surface area contributed by atoms with Gasteiger partial charge in [0.25, 0.3) is 5.91 Å². The summed E-state index contributed by atoms with van der Waals surface area (Å²) >= 11 is 0. The summed E-state index contributed by atoms with van der Waals surface area (Å²) in [5.74, 6) is 0.556. The van der Waals surface area contributed by atoms with Gasteiger partial charge in [-0.15, -0.1) is 0 Å². The first-order chi connectivity index (χ1) is 18.4. The van der Waals surface area contributed by atoms with E-state index in [2.05, 4.69) is 20.6 Å². The molecule has 10 nitrogen and oxygen atoms in total. The Kier molecular flexibility index (Phi) is 6.79. The molecular weight excluding hydrogens is 486 g/mol. The second-order valence-corrected chi connectivity index (χ2v) is 8.59. The average Bonchev–Trinajstić information content (AvgIpc) is 3.30. The number of aromatic amines is 1. The Balaban J connectivity index is 1.32. The van der Waals surface area contributed by atoms with E-state index in [-0.39, 0.29) is 5.95 Å². The zero-order valence-corrected chi connectivity index (χ0v) is 20.3. The van der Waals surface area contributed by atoms with Crippen LogP contribution in [0.3, 0.4) is 0 Å². The normalized spacial score (nSPS) is 12.6. The van der Waals surface area contributed by atoms with Gasteiger partial charge in [-0.2, -0.15) is 0 Å². The van der Waals surface area contributed by atoms with Crippen LogP contribution in [0.1, 0.15) is 11.6 Å². The van der Waals surface area contributed by atoms with Crippen LogP contribution in [-0.4, -0.2) is 40.3 Å². The summed E-state index contributed by atoms with van der Waals surface area (Å²) in [6, 6.07) is 23.3. The molecule has 0 saturated carbocycles. The number of nitrogen functional groups attached to an aromatic ring is 1. The van der Waals surface area contributed by atoms with Crippen LogP contribution in [0.15, 0.2) is 84.9 Å². The van der Waals surface area contributed by atoms with Crippen molar-refractivity contribution < 1.29 is 24.2 Å². The summed E-state index contributed by atoms with van der Waals surface area (Å²) in [4.78, 5) is 32.9. The van der Waals surface area contributed by atoms with E-state index in [4.69, 9.17) is 15.2 Å². The van der Waals surface area contributed by atoms with E-state index in [1.165, 1.54) is 0 Å². The molecular formula is C28H25N5O5. The minimum atomic E-state index is -1.63. The van der Waals surface area contributed by atoms with E-state index in [1.807, 2.05) is 24.3 Å². The van der Waals surface area contributed by atoms with Gasteiger partial charge in [0.05, 0.1) is 24.2 Å². The predicted molar refractivity (Wildman–Crippen MR) is 144 cm³/mol. The third kappa shape index (κ3) is 5.35. The Labute approximate surface area is 217 Å². The lowest BCUT2D eigenvalue weighted by Crippen LogP contribution is -2.43. The first-order valence-electron chi connectivity index (χ1n) is 11.7. The number of aliphatic hydroxyl groups is 1. The van der Waals surface area contributed by atoms with Crippen LogP contribution < -0.4 is 25.8 Å². The van der Waals surface area contributed by atoms with Gasteiger partial charge in [0.15, 0.2) is 12.1 Å². The predicted octanol–water partition coefficient (Wildman–Crippen LogP) is 4.14. The molecule has 192 valence electrons. The molecule has 6 N–H and O–H groups in total. The lowest BCUT2D eigenvalue weighted by atomic mass is 10.0. The molecule has 0 radical (unpaired) electrons. The fourth-order valence-corrected chi connectivity index (χ4v) is 4.14. The summed E-state index contributed by atoms with van der Waals surface area (Å²) in [5, 5.41) is 18.0. The number of fused-ring (bicyclic) bond motifs is 2. The van der Waals surface area contributed by atoms with Crippen LogP contribution in [0, 0.1) is 0 Å². The molecule has 0 aliphatic heterocycles. The second kappa shape index (κ2) is 10.5. The maximum absolute atomic E-state index is 13.0. The molecule has 0 spiro atoms. The van der Waals surface area contributed by atoms with Gasteiger partial charge in [0.2, 0.25) is 0 Å². The monoisotopic (exact) mass is 511 g/mol. The zero-order valence-electron chi connectivity index (χ0n) is 20.3. The molecule has 2 unspecified atom stereocenters. The number of imidazole rings is 1. The fourth-order valence-electron chi connectivity index (χ4n) is 4.14. The van der Waals surface area contributed by atoms with Crippen molar-refractivity contribution >= 4 is 45.4 Å². The van der Waals surface area contributed by atoms with E-state index in [1.54, 1.807) is 67.8 Å². The third-order valence-corrected chi connectivity index (χ3v) is 6.01. The molecule has 4 aromatic carbocycles. The Morgan fingerprint density at radius 3 is 2.39 bits per heavy atom. The number of aliphatic hydroxyl groups excluding tert-OH is 1. The SMILES string of the molecule is COc1ccc2cc(OC(=O)NC(c3ccccc3)C(O)C(=O)Nc3ccc4nc(N)[nH]c4c3)ccc2c1. The lowest BCUT2D eigenvalue weighted by Gasteiger charge is -2.24. The molecule has 0 fully saturated rings. The summed E-state index contributed by atoms with van der Waals surface area (Å²) in [7, 11) is 1.59. The number of amides is 2. The van der Waals surface area contributed by atoms with E-state index >= 15 is 0 Å². The van der Waals surface area contributed by atoms with Gasteiger partial charge >= 0.3 is 6.09 Å². The molecule has 38 heavy (non-hydrogen) atoms. The first kappa shape index (κ1) is 24.6. The number of rotatable bonds is 7. The highest BCUT2D eigenvalue weighted by Crippen LogP contribution is 2.26. The smallest absolute Gasteiger partial charge is 0.413 e. The van der Waals surface area contributed by atoms with Crippen molar-refractivity contribution in [2.24, 2.45) is 0 Å². The van der Waals surface area contributed by atoms with Crippen molar-refractivity contribution in [1.29, 1.82) is 0 Å². The van der Waals surface area contributed by atoms with Gasteiger partial charge in [0, 0.05) is 5.69 Å². The van der Waals surface area contributed by atoms with E-state index < -0.39 is 24.1 Å². The number of hydrogen-bond donors (Lipinski definition) is 5. The van der Waals surface area contributed by atoms with E-state index in [0.717, 1.165) is 16.5 Å². The molecule has 1 aromatic heterocycles. The van der Waals surface area contributed by atoms with Gasteiger partial charge in [-0.05, 0) is 58.8 Å². The van der Waals surface area contributed by atoms with Crippen LogP contribution in [0.5, 0.6) is 11.5 Å². The van der Waals surface area contributed by atoms with Crippen molar-refractivity contribution in [3.63, 3.8) is 0 Å². The molecule has 0 aliphatic rings. The number of H-pyrrole nitrogens is 1. The number of nitrogens with zero attached hydrogens (tertiary/aromatic N) is 1. The van der Waals surface area contributed by atoms with Gasteiger partial charge in [-0.3, -0.25) is 4.79 Å². The molecule has 5 aromatic rings. The molecule has 1 heterocycles. The highest BCUT2D eigenvalue weighted by atomic mass is 16.6.